The molecule has 5 heteroatoms. The Labute approximate surface area is 170 Å². The molecule has 0 bridgehead atoms. The van der Waals surface area contributed by atoms with Gasteiger partial charge in [-0.2, -0.15) is 0 Å². The fourth-order valence-corrected chi connectivity index (χ4v) is 2.98. The number of allylic oxidation sites excluding steroid dienone is 1. The predicted octanol–water partition coefficient (Wildman–Crippen LogP) is 4.42. The number of carbonyl (C=O) groups is 2. The van der Waals surface area contributed by atoms with Gasteiger partial charge in [0.2, 0.25) is 0 Å². The van der Waals surface area contributed by atoms with Gasteiger partial charge in [-0.05, 0) is 36.3 Å². The number of cyclic esters (lactones) is 1. The number of benzene rings is 2. The first-order valence-corrected chi connectivity index (χ1v) is 9.66. The van der Waals surface area contributed by atoms with E-state index >= 15 is 0 Å². The Hall–Kier alpha value is -3.18. The zero-order valence-electron chi connectivity index (χ0n) is 16.3. The van der Waals surface area contributed by atoms with Crippen LogP contribution < -0.4 is 0 Å². The summed E-state index contributed by atoms with van der Waals surface area (Å²) in [5.74, 6) is -0.245. The summed E-state index contributed by atoms with van der Waals surface area (Å²) in [6, 6.07) is 18.9. The SMILES string of the molecule is CCC(COC(/C=C1/C=CC(=O)O1)COC(=O)c1ccccc1)c1ccccc1. The molecule has 1 heterocycles. The van der Waals surface area contributed by atoms with E-state index in [0.29, 0.717) is 17.9 Å². The van der Waals surface area contributed by atoms with E-state index in [1.807, 2.05) is 24.3 Å². The molecule has 2 aromatic rings. The van der Waals surface area contributed by atoms with Crippen molar-refractivity contribution in [3.8, 4) is 0 Å². The molecule has 0 fully saturated rings. The van der Waals surface area contributed by atoms with Crippen LogP contribution in [0, 0.1) is 0 Å². The normalized spacial score (nSPS) is 16.4. The zero-order valence-corrected chi connectivity index (χ0v) is 16.3. The Morgan fingerprint density at radius 2 is 1.69 bits per heavy atom. The summed E-state index contributed by atoms with van der Waals surface area (Å²) < 4.78 is 16.6. The van der Waals surface area contributed by atoms with Crippen molar-refractivity contribution in [2.75, 3.05) is 13.2 Å². The summed E-state index contributed by atoms with van der Waals surface area (Å²) in [5.41, 5.74) is 1.66. The molecule has 0 spiro atoms. The molecule has 3 rings (SSSR count). The molecule has 0 saturated carbocycles. The van der Waals surface area contributed by atoms with Crippen molar-refractivity contribution in [2.45, 2.75) is 25.4 Å². The molecular weight excluding hydrogens is 368 g/mol. The van der Waals surface area contributed by atoms with Crippen molar-refractivity contribution >= 4 is 11.9 Å². The molecule has 0 aliphatic carbocycles. The quantitative estimate of drug-likeness (QED) is 0.591. The van der Waals surface area contributed by atoms with Crippen molar-refractivity contribution in [3.05, 3.63) is 95.8 Å². The van der Waals surface area contributed by atoms with E-state index in [1.165, 1.54) is 11.6 Å². The third-order valence-corrected chi connectivity index (χ3v) is 4.62. The second-order valence-electron chi connectivity index (χ2n) is 6.68. The van der Waals surface area contributed by atoms with Gasteiger partial charge in [0, 0.05) is 12.0 Å². The van der Waals surface area contributed by atoms with Gasteiger partial charge in [-0.3, -0.25) is 0 Å². The number of carbonyl (C=O) groups excluding carboxylic acids is 2. The Morgan fingerprint density at radius 1 is 1.00 bits per heavy atom. The van der Waals surface area contributed by atoms with Gasteiger partial charge in [0.05, 0.1) is 12.2 Å². The van der Waals surface area contributed by atoms with Crippen molar-refractivity contribution < 1.29 is 23.8 Å². The minimum atomic E-state index is -0.536. The second-order valence-corrected chi connectivity index (χ2v) is 6.68. The minimum Gasteiger partial charge on any atom is -0.459 e. The molecule has 0 aromatic heterocycles. The van der Waals surface area contributed by atoms with E-state index in [2.05, 4.69) is 19.1 Å². The third-order valence-electron chi connectivity index (χ3n) is 4.62. The Balaban J connectivity index is 1.65. The van der Waals surface area contributed by atoms with Crippen molar-refractivity contribution in [3.63, 3.8) is 0 Å². The van der Waals surface area contributed by atoms with Crippen LogP contribution in [-0.2, 0) is 19.0 Å². The molecule has 2 aromatic carbocycles. The number of ether oxygens (including phenoxy) is 3. The van der Waals surface area contributed by atoms with Gasteiger partial charge >= 0.3 is 11.9 Å². The largest absolute Gasteiger partial charge is 0.459 e. The molecule has 150 valence electrons. The Morgan fingerprint density at radius 3 is 2.31 bits per heavy atom. The summed E-state index contributed by atoms with van der Waals surface area (Å²) in [6.07, 6.45) is 4.96. The van der Waals surface area contributed by atoms with Crippen LogP contribution in [-0.4, -0.2) is 31.3 Å². The smallest absolute Gasteiger partial charge is 0.338 e. The lowest BCUT2D eigenvalue weighted by atomic mass is 9.97. The van der Waals surface area contributed by atoms with Crippen LogP contribution >= 0.6 is 0 Å². The first-order valence-electron chi connectivity index (χ1n) is 9.66. The van der Waals surface area contributed by atoms with Gasteiger partial charge in [0.1, 0.15) is 18.5 Å². The van der Waals surface area contributed by atoms with Gasteiger partial charge in [-0.25, -0.2) is 9.59 Å². The van der Waals surface area contributed by atoms with Crippen LogP contribution in [0.15, 0.2) is 84.7 Å². The van der Waals surface area contributed by atoms with Crippen LogP contribution in [0.1, 0.15) is 35.2 Å². The average Bonchev–Trinajstić information content (AvgIpc) is 3.18. The fraction of sp³-hybridized carbons (Fsp3) is 0.250. The van der Waals surface area contributed by atoms with E-state index < -0.39 is 18.0 Å². The summed E-state index contributed by atoms with van der Waals surface area (Å²) in [4.78, 5) is 23.6. The third kappa shape index (κ3) is 6.16. The Kier molecular flexibility index (Phi) is 7.36. The van der Waals surface area contributed by atoms with Crippen LogP contribution in [0.25, 0.3) is 0 Å². The maximum absolute atomic E-state index is 12.3. The monoisotopic (exact) mass is 392 g/mol. The van der Waals surface area contributed by atoms with E-state index in [4.69, 9.17) is 14.2 Å². The predicted molar refractivity (Wildman–Crippen MR) is 109 cm³/mol. The average molecular weight is 392 g/mol. The molecule has 5 nitrogen and oxygen atoms in total. The molecule has 2 unspecified atom stereocenters. The van der Waals surface area contributed by atoms with Crippen molar-refractivity contribution in [2.24, 2.45) is 0 Å². The molecule has 1 aliphatic rings. The number of esters is 2. The number of rotatable bonds is 9. The standard InChI is InChI=1S/C24H24O5/c1-2-18(19-9-5-3-6-10-19)16-27-22(15-21-13-14-23(25)29-21)17-28-24(26)20-11-7-4-8-12-20/h3-15,18,22H,2,16-17H2,1H3/b21-15-. The number of hydrogen-bond donors (Lipinski definition) is 0. The first kappa shape index (κ1) is 20.6. The highest BCUT2D eigenvalue weighted by Crippen LogP contribution is 2.21. The van der Waals surface area contributed by atoms with Crippen molar-refractivity contribution in [1.29, 1.82) is 0 Å². The van der Waals surface area contributed by atoms with Gasteiger partial charge in [-0.1, -0.05) is 55.5 Å². The summed E-state index contributed by atoms with van der Waals surface area (Å²) in [6.45, 7) is 2.58. The zero-order chi connectivity index (χ0) is 20.5. The van der Waals surface area contributed by atoms with E-state index in [1.54, 1.807) is 36.4 Å². The summed E-state index contributed by atoms with van der Waals surface area (Å²) in [7, 11) is 0. The highest BCUT2D eigenvalue weighted by Gasteiger charge is 2.18. The van der Waals surface area contributed by atoms with Gasteiger partial charge in [-0.15, -0.1) is 0 Å². The highest BCUT2D eigenvalue weighted by molar-refractivity contribution is 5.89. The van der Waals surface area contributed by atoms with E-state index in [9.17, 15) is 9.59 Å². The lowest BCUT2D eigenvalue weighted by molar-refractivity contribution is -0.132. The maximum atomic E-state index is 12.3. The maximum Gasteiger partial charge on any atom is 0.338 e. The first-order chi connectivity index (χ1) is 14.2. The van der Waals surface area contributed by atoms with E-state index in [0.717, 1.165) is 6.42 Å². The van der Waals surface area contributed by atoms with Crippen LogP contribution in [0.3, 0.4) is 0 Å². The topological polar surface area (TPSA) is 61.8 Å². The molecule has 0 amide bonds. The van der Waals surface area contributed by atoms with Gasteiger partial charge in [0.25, 0.3) is 0 Å². The Bertz CT molecular complexity index is 871. The van der Waals surface area contributed by atoms with Gasteiger partial charge < -0.3 is 14.2 Å². The molecule has 0 N–H and O–H groups in total. The lowest BCUT2D eigenvalue weighted by Crippen LogP contribution is -2.23. The van der Waals surface area contributed by atoms with Gasteiger partial charge in [0.15, 0.2) is 0 Å². The minimum absolute atomic E-state index is 0.0217. The second kappa shape index (κ2) is 10.4. The molecule has 0 radical (unpaired) electrons. The lowest BCUT2D eigenvalue weighted by Gasteiger charge is -2.20. The van der Waals surface area contributed by atoms with E-state index in [-0.39, 0.29) is 12.5 Å². The molecule has 29 heavy (non-hydrogen) atoms. The van der Waals surface area contributed by atoms with Crippen LogP contribution in [0.5, 0.6) is 0 Å². The fourth-order valence-electron chi connectivity index (χ4n) is 2.98. The number of hydrogen-bond acceptors (Lipinski definition) is 5. The molecule has 0 saturated heterocycles. The molecule has 2 atom stereocenters. The summed E-state index contributed by atoms with van der Waals surface area (Å²) >= 11 is 0. The van der Waals surface area contributed by atoms with Crippen LogP contribution in [0.4, 0.5) is 0 Å². The summed E-state index contributed by atoms with van der Waals surface area (Å²) in [5, 5.41) is 0. The molecular formula is C24H24O5. The van der Waals surface area contributed by atoms with Crippen LogP contribution in [0.2, 0.25) is 0 Å². The van der Waals surface area contributed by atoms with Crippen molar-refractivity contribution in [1.82, 2.24) is 0 Å². The molecule has 1 aliphatic heterocycles. The highest BCUT2D eigenvalue weighted by atomic mass is 16.6.